The molecule has 0 bridgehead atoms. The normalized spacial score (nSPS) is 10.1. The van der Waals surface area contributed by atoms with Crippen molar-refractivity contribution in [2.24, 2.45) is 5.73 Å². The van der Waals surface area contributed by atoms with E-state index in [-0.39, 0.29) is 23.6 Å². The minimum Gasteiger partial charge on any atom is -0.496 e. The lowest BCUT2D eigenvalue weighted by Crippen LogP contribution is -2.08. The van der Waals surface area contributed by atoms with Gasteiger partial charge in [0.25, 0.3) is 6.43 Å². The van der Waals surface area contributed by atoms with E-state index in [9.17, 15) is 8.78 Å². The summed E-state index contributed by atoms with van der Waals surface area (Å²) in [4.78, 5) is 3.50. The number of rotatable bonds is 3. The molecule has 0 aliphatic heterocycles. The highest BCUT2D eigenvalue weighted by Crippen LogP contribution is 2.28. The van der Waals surface area contributed by atoms with Gasteiger partial charge in [0.05, 0.1) is 7.11 Å². The van der Waals surface area contributed by atoms with E-state index in [4.69, 9.17) is 15.7 Å². The molecule has 0 unspecified atom stereocenters. The van der Waals surface area contributed by atoms with Gasteiger partial charge in [-0.25, -0.2) is 13.8 Å². The first kappa shape index (κ1) is 11.3. The second kappa shape index (κ2) is 4.66. The summed E-state index contributed by atoms with van der Waals surface area (Å²) in [6, 6.07) is 2.97. The Morgan fingerprint density at radius 2 is 2.33 bits per heavy atom. The van der Waals surface area contributed by atoms with E-state index in [0.29, 0.717) is 0 Å². The van der Waals surface area contributed by atoms with Gasteiger partial charge in [-0.1, -0.05) is 0 Å². The highest BCUT2D eigenvalue weighted by molar-refractivity contribution is 5.42. The third-order valence-electron chi connectivity index (χ3n) is 1.86. The maximum atomic E-state index is 12.6. The molecule has 1 heterocycles. The molecule has 0 aromatic carbocycles. The predicted molar refractivity (Wildman–Crippen MR) is 48.4 cm³/mol. The minimum absolute atomic E-state index is 0.110. The molecule has 0 aliphatic carbocycles. The monoisotopic (exact) mass is 213 g/mol. The Hall–Kier alpha value is -1.74. The molecule has 15 heavy (non-hydrogen) atoms. The number of alkyl halides is 2. The number of nitrogens with zero attached hydrogens (tertiary/aromatic N) is 2. The number of aromatic nitrogens is 1. The molecule has 1 rings (SSSR count). The van der Waals surface area contributed by atoms with Gasteiger partial charge in [0.2, 0.25) is 0 Å². The van der Waals surface area contributed by atoms with Crippen molar-refractivity contribution in [2.75, 3.05) is 7.11 Å². The maximum absolute atomic E-state index is 12.6. The second-order valence-electron chi connectivity index (χ2n) is 2.69. The Labute approximate surface area is 85.3 Å². The van der Waals surface area contributed by atoms with Crippen LogP contribution >= 0.6 is 0 Å². The van der Waals surface area contributed by atoms with Gasteiger partial charge in [-0.05, 0) is 0 Å². The van der Waals surface area contributed by atoms with Crippen LogP contribution < -0.4 is 10.5 Å². The molecule has 0 spiro atoms. The number of nitrogens with two attached hydrogens (primary N) is 1. The molecule has 4 nitrogen and oxygen atoms in total. The molecule has 6 heteroatoms. The van der Waals surface area contributed by atoms with Crippen LogP contribution in [-0.4, -0.2) is 12.1 Å². The number of methoxy groups -OCH3 is 1. The molecular formula is C9H9F2N3O. The summed E-state index contributed by atoms with van der Waals surface area (Å²) in [5.41, 5.74) is 4.85. The van der Waals surface area contributed by atoms with Gasteiger partial charge >= 0.3 is 0 Å². The molecule has 0 saturated carbocycles. The minimum atomic E-state index is -2.77. The molecule has 2 N–H and O–H groups in total. The van der Waals surface area contributed by atoms with Crippen LogP contribution in [0.3, 0.4) is 0 Å². The highest BCUT2D eigenvalue weighted by Gasteiger charge is 2.19. The average molecular weight is 213 g/mol. The molecule has 1 aromatic heterocycles. The quantitative estimate of drug-likeness (QED) is 0.822. The van der Waals surface area contributed by atoms with Crippen LogP contribution in [0.15, 0.2) is 6.07 Å². The Kier molecular flexibility index (Phi) is 3.52. The fourth-order valence-electron chi connectivity index (χ4n) is 1.19. The van der Waals surface area contributed by atoms with E-state index in [0.717, 1.165) is 0 Å². The Bertz CT molecular complexity index is 401. The number of nitriles is 1. The van der Waals surface area contributed by atoms with Crippen LogP contribution in [0.1, 0.15) is 23.4 Å². The zero-order chi connectivity index (χ0) is 11.4. The molecule has 0 amide bonds. The number of ether oxygens (including phenoxy) is 1. The summed E-state index contributed by atoms with van der Waals surface area (Å²) in [6.45, 7) is -0.110. The molecule has 0 aliphatic rings. The van der Waals surface area contributed by atoms with Crippen LogP contribution in [0.25, 0.3) is 0 Å². The topological polar surface area (TPSA) is 71.9 Å². The van der Waals surface area contributed by atoms with Gasteiger partial charge in [-0.15, -0.1) is 0 Å². The first-order valence-corrected chi connectivity index (χ1v) is 4.10. The first-order chi connectivity index (χ1) is 7.13. The van der Waals surface area contributed by atoms with Gasteiger partial charge in [0.15, 0.2) is 0 Å². The molecule has 0 fully saturated rings. The SMILES string of the molecule is COc1cc(C#N)nc(C(F)F)c1CN. The van der Waals surface area contributed by atoms with Gasteiger partial charge in [-0.3, -0.25) is 0 Å². The molecule has 80 valence electrons. The zero-order valence-corrected chi connectivity index (χ0v) is 8.00. The largest absolute Gasteiger partial charge is 0.496 e. The van der Waals surface area contributed by atoms with Crippen molar-refractivity contribution in [3.63, 3.8) is 0 Å². The van der Waals surface area contributed by atoms with E-state index in [1.54, 1.807) is 6.07 Å². The third kappa shape index (κ3) is 2.19. The summed E-state index contributed by atoms with van der Waals surface area (Å²) < 4.78 is 30.0. The van der Waals surface area contributed by atoms with Crippen molar-refractivity contribution in [2.45, 2.75) is 13.0 Å². The van der Waals surface area contributed by atoms with Crippen LogP contribution in [0.4, 0.5) is 8.78 Å². The maximum Gasteiger partial charge on any atom is 0.280 e. The molecule has 0 radical (unpaired) electrons. The molecule has 0 atom stereocenters. The van der Waals surface area contributed by atoms with Crippen molar-refractivity contribution in [1.82, 2.24) is 4.98 Å². The number of hydrogen-bond donors (Lipinski definition) is 1. The van der Waals surface area contributed by atoms with E-state index < -0.39 is 12.1 Å². The van der Waals surface area contributed by atoms with Gasteiger partial charge < -0.3 is 10.5 Å². The zero-order valence-electron chi connectivity index (χ0n) is 8.00. The van der Waals surface area contributed by atoms with E-state index in [1.807, 2.05) is 0 Å². The van der Waals surface area contributed by atoms with Crippen LogP contribution in [0.2, 0.25) is 0 Å². The molecule has 1 aromatic rings. The average Bonchev–Trinajstić information content (AvgIpc) is 2.26. The van der Waals surface area contributed by atoms with Crippen molar-refractivity contribution in [3.05, 3.63) is 23.0 Å². The summed E-state index contributed by atoms with van der Waals surface area (Å²) in [5.74, 6) is 0.166. The second-order valence-corrected chi connectivity index (χ2v) is 2.69. The van der Waals surface area contributed by atoms with Gasteiger partial charge in [0.1, 0.15) is 23.2 Å². The Balaban J connectivity index is 3.40. The van der Waals surface area contributed by atoms with Crippen molar-refractivity contribution >= 4 is 0 Å². The van der Waals surface area contributed by atoms with Gasteiger partial charge in [0, 0.05) is 18.2 Å². The predicted octanol–water partition coefficient (Wildman–Crippen LogP) is 1.36. The summed E-state index contributed by atoms with van der Waals surface area (Å²) >= 11 is 0. The smallest absolute Gasteiger partial charge is 0.280 e. The van der Waals surface area contributed by atoms with E-state index in [2.05, 4.69) is 4.98 Å². The summed E-state index contributed by atoms with van der Waals surface area (Å²) in [5, 5.41) is 8.58. The molecular weight excluding hydrogens is 204 g/mol. The molecule has 0 saturated heterocycles. The lowest BCUT2D eigenvalue weighted by molar-refractivity contribution is 0.144. The van der Waals surface area contributed by atoms with Crippen molar-refractivity contribution < 1.29 is 13.5 Å². The fourth-order valence-corrected chi connectivity index (χ4v) is 1.19. The third-order valence-corrected chi connectivity index (χ3v) is 1.86. The van der Waals surface area contributed by atoms with Crippen LogP contribution in [-0.2, 0) is 6.54 Å². The van der Waals surface area contributed by atoms with Gasteiger partial charge in [-0.2, -0.15) is 5.26 Å². The van der Waals surface area contributed by atoms with Crippen LogP contribution in [0, 0.1) is 11.3 Å². The van der Waals surface area contributed by atoms with E-state index >= 15 is 0 Å². The summed E-state index contributed by atoms with van der Waals surface area (Å²) in [7, 11) is 1.32. The number of pyridine rings is 1. The fraction of sp³-hybridized carbons (Fsp3) is 0.333. The first-order valence-electron chi connectivity index (χ1n) is 4.10. The van der Waals surface area contributed by atoms with Crippen LogP contribution in [0.5, 0.6) is 5.75 Å². The Morgan fingerprint density at radius 1 is 1.67 bits per heavy atom. The standard InChI is InChI=1S/C9H9F2N3O/c1-15-7-2-5(3-12)14-8(9(10)11)6(7)4-13/h2,9H,4,13H2,1H3. The lowest BCUT2D eigenvalue weighted by atomic mass is 10.1. The number of halogens is 2. The Morgan fingerprint density at radius 3 is 2.73 bits per heavy atom. The van der Waals surface area contributed by atoms with E-state index in [1.165, 1.54) is 13.2 Å². The number of hydrogen-bond acceptors (Lipinski definition) is 4. The van der Waals surface area contributed by atoms with Crippen molar-refractivity contribution in [3.8, 4) is 11.8 Å². The lowest BCUT2D eigenvalue weighted by Gasteiger charge is -2.11. The van der Waals surface area contributed by atoms with Crippen molar-refractivity contribution in [1.29, 1.82) is 5.26 Å². The summed E-state index contributed by atoms with van der Waals surface area (Å²) in [6.07, 6.45) is -2.77. The highest BCUT2D eigenvalue weighted by atomic mass is 19.3.